The zero-order chi connectivity index (χ0) is 13.0. The number of hydrogen-bond acceptors (Lipinski definition) is 4. The van der Waals surface area contributed by atoms with E-state index in [0.717, 1.165) is 5.56 Å². The summed E-state index contributed by atoms with van der Waals surface area (Å²) in [6, 6.07) is 3.52. The molecule has 4 nitrogen and oxygen atoms in total. The van der Waals surface area contributed by atoms with Crippen LogP contribution in [0, 0.1) is 0 Å². The van der Waals surface area contributed by atoms with E-state index in [0.29, 0.717) is 22.8 Å². The number of rotatable bonds is 5. The second kappa shape index (κ2) is 5.59. The highest BCUT2D eigenvalue weighted by Crippen LogP contribution is 2.40. The van der Waals surface area contributed by atoms with Gasteiger partial charge in [-0.15, -0.1) is 0 Å². The summed E-state index contributed by atoms with van der Waals surface area (Å²) in [5, 5.41) is 9.52. The largest absolute Gasteiger partial charge is 0.493 e. The molecule has 0 bridgehead atoms. The van der Waals surface area contributed by atoms with Gasteiger partial charge < -0.3 is 19.3 Å². The normalized spacial score (nSPS) is 11.8. The van der Waals surface area contributed by atoms with Crippen LogP contribution in [-0.4, -0.2) is 32.5 Å². The van der Waals surface area contributed by atoms with Crippen molar-refractivity contribution in [1.82, 2.24) is 0 Å². The lowest BCUT2D eigenvalue weighted by molar-refractivity contribution is 0.253. The lowest BCUT2D eigenvalue weighted by Gasteiger charge is -2.16. The van der Waals surface area contributed by atoms with Crippen LogP contribution in [0.1, 0.15) is 12.5 Å². The van der Waals surface area contributed by atoms with Crippen molar-refractivity contribution in [3.63, 3.8) is 0 Å². The van der Waals surface area contributed by atoms with Crippen molar-refractivity contribution in [2.45, 2.75) is 13.0 Å². The molecule has 17 heavy (non-hydrogen) atoms. The molecule has 1 rings (SSSR count). The topological polar surface area (TPSA) is 47.9 Å². The van der Waals surface area contributed by atoms with E-state index >= 15 is 0 Å². The van der Waals surface area contributed by atoms with Gasteiger partial charge in [0, 0.05) is 0 Å². The fourth-order valence-corrected chi connectivity index (χ4v) is 1.51. The molecule has 94 valence electrons. The molecule has 0 spiro atoms. The summed E-state index contributed by atoms with van der Waals surface area (Å²) in [6.45, 7) is 5.49. The molecule has 1 atom stereocenters. The molecule has 0 amide bonds. The van der Waals surface area contributed by atoms with E-state index in [4.69, 9.17) is 14.2 Å². The molecule has 0 aliphatic heterocycles. The summed E-state index contributed by atoms with van der Waals surface area (Å²) in [5.41, 5.74) is 1.36. The van der Waals surface area contributed by atoms with Crippen molar-refractivity contribution in [3.8, 4) is 17.2 Å². The second-order valence-electron chi connectivity index (χ2n) is 3.62. The average molecular weight is 238 g/mol. The summed E-state index contributed by atoms with van der Waals surface area (Å²) in [7, 11) is 4.64. The molecule has 0 aliphatic rings. The number of aliphatic hydroxyl groups excluding tert-OH is 1. The van der Waals surface area contributed by atoms with Gasteiger partial charge in [0.05, 0.1) is 27.4 Å². The minimum atomic E-state index is -0.627. The van der Waals surface area contributed by atoms with Gasteiger partial charge in [0.1, 0.15) is 0 Å². The van der Waals surface area contributed by atoms with Gasteiger partial charge >= 0.3 is 0 Å². The Balaban J connectivity index is 3.32. The van der Waals surface area contributed by atoms with Crippen molar-refractivity contribution >= 4 is 5.57 Å². The van der Waals surface area contributed by atoms with Crippen molar-refractivity contribution in [3.05, 3.63) is 24.3 Å². The minimum absolute atomic E-state index is 0.525. The number of methoxy groups -OCH3 is 3. The monoisotopic (exact) mass is 238 g/mol. The quantitative estimate of drug-likeness (QED) is 0.853. The summed E-state index contributed by atoms with van der Waals surface area (Å²) in [6.07, 6.45) is -0.627. The Morgan fingerprint density at radius 3 is 1.88 bits per heavy atom. The highest BCUT2D eigenvalue weighted by molar-refractivity contribution is 5.71. The molecule has 0 aliphatic carbocycles. The van der Waals surface area contributed by atoms with Crippen LogP contribution in [0.4, 0.5) is 0 Å². The molecule has 0 saturated heterocycles. The maximum absolute atomic E-state index is 9.52. The molecule has 0 fully saturated rings. The van der Waals surface area contributed by atoms with E-state index < -0.39 is 6.10 Å². The first-order valence-electron chi connectivity index (χ1n) is 5.22. The van der Waals surface area contributed by atoms with Gasteiger partial charge in [-0.1, -0.05) is 6.58 Å². The fourth-order valence-electron chi connectivity index (χ4n) is 1.51. The molecule has 0 radical (unpaired) electrons. The Hall–Kier alpha value is -1.68. The Bertz CT molecular complexity index is 385. The van der Waals surface area contributed by atoms with Gasteiger partial charge in [0.15, 0.2) is 11.5 Å². The molecule has 1 N–H and O–H groups in total. The molecule has 0 saturated carbocycles. The van der Waals surface area contributed by atoms with E-state index in [2.05, 4.69) is 6.58 Å². The maximum Gasteiger partial charge on any atom is 0.203 e. The predicted molar refractivity (Wildman–Crippen MR) is 66.8 cm³/mol. The highest BCUT2D eigenvalue weighted by atomic mass is 16.5. The van der Waals surface area contributed by atoms with Gasteiger partial charge in [-0.25, -0.2) is 0 Å². The second-order valence-corrected chi connectivity index (χ2v) is 3.62. The SMILES string of the molecule is C=C(c1cc(OC)c(OC)c(OC)c1)[C@@H](C)O. The van der Waals surface area contributed by atoms with Crippen molar-refractivity contribution in [2.75, 3.05) is 21.3 Å². The Morgan fingerprint density at radius 1 is 1.12 bits per heavy atom. The third-order valence-electron chi connectivity index (χ3n) is 2.54. The van der Waals surface area contributed by atoms with Crippen molar-refractivity contribution < 1.29 is 19.3 Å². The van der Waals surface area contributed by atoms with Crippen LogP contribution in [0.25, 0.3) is 5.57 Å². The number of aliphatic hydroxyl groups is 1. The maximum atomic E-state index is 9.52. The summed E-state index contributed by atoms with van der Waals surface area (Å²) >= 11 is 0. The van der Waals surface area contributed by atoms with Crippen LogP contribution in [-0.2, 0) is 0 Å². The van der Waals surface area contributed by atoms with Crippen molar-refractivity contribution in [2.24, 2.45) is 0 Å². The van der Waals surface area contributed by atoms with E-state index in [1.54, 1.807) is 40.4 Å². The van der Waals surface area contributed by atoms with Gasteiger partial charge in [-0.05, 0) is 30.2 Å². The van der Waals surface area contributed by atoms with Crippen LogP contribution in [0.15, 0.2) is 18.7 Å². The van der Waals surface area contributed by atoms with E-state index in [9.17, 15) is 5.11 Å². The van der Waals surface area contributed by atoms with Crippen LogP contribution in [0.2, 0.25) is 0 Å². The van der Waals surface area contributed by atoms with Crippen LogP contribution >= 0.6 is 0 Å². The fraction of sp³-hybridized carbons (Fsp3) is 0.385. The summed E-state index contributed by atoms with van der Waals surface area (Å²) in [5.74, 6) is 1.62. The minimum Gasteiger partial charge on any atom is -0.493 e. The third kappa shape index (κ3) is 2.71. The van der Waals surface area contributed by atoms with Gasteiger partial charge in [-0.2, -0.15) is 0 Å². The smallest absolute Gasteiger partial charge is 0.203 e. The molecule has 1 aromatic carbocycles. The predicted octanol–water partition coefficient (Wildman–Crippen LogP) is 2.11. The van der Waals surface area contributed by atoms with Gasteiger partial charge in [0.2, 0.25) is 5.75 Å². The van der Waals surface area contributed by atoms with Crippen LogP contribution in [0.3, 0.4) is 0 Å². The Labute approximate surface area is 101 Å². The third-order valence-corrected chi connectivity index (χ3v) is 2.54. The highest BCUT2D eigenvalue weighted by Gasteiger charge is 2.15. The lowest BCUT2D eigenvalue weighted by Crippen LogP contribution is -2.03. The Morgan fingerprint density at radius 2 is 1.59 bits per heavy atom. The molecule has 0 heterocycles. The lowest BCUT2D eigenvalue weighted by atomic mass is 10.0. The number of hydrogen-bond donors (Lipinski definition) is 1. The number of benzene rings is 1. The first-order valence-corrected chi connectivity index (χ1v) is 5.22. The van der Waals surface area contributed by atoms with Crippen LogP contribution < -0.4 is 14.2 Å². The summed E-state index contributed by atoms with van der Waals surface area (Å²) < 4.78 is 15.7. The molecular weight excluding hydrogens is 220 g/mol. The first-order chi connectivity index (χ1) is 8.04. The Kier molecular flexibility index (Phi) is 4.40. The van der Waals surface area contributed by atoms with Crippen LogP contribution in [0.5, 0.6) is 17.2 Å². The van der Waals surface area contributed by atoms with E-state index in [-0.39, 0.29) is 0 Å². The standard InChI is InChI=1S/C13H18O4/c1-8(9(2)14)10-6-11(15-3)13(17-5)12(7-10)16-4/h6-7,9,14H,1H2,2-5H3/t9-/m1/s1. The van der Waals surface area contributed by atoms with Gasteiger partial charge in [-0.3, -0.25) is 0 Å². The number of ether oxygens (including phenoxy) is 3. The molecule has 0 unspecified atom stereocenters. The zero-order valence-corrected chi connectivity index (χ0v) is 10.6. The van der Waals surface area contributed by atoms with E-state index in [1.807, 2.05) is 0 Å². The molecular formula is C13H18O4. The average Bonchev–Trinajstić information content (AvgIpc) is 2.35. The zero-order valence-electron chi connectivity index (χ0n) is 10.6. The van der Waals surface area contributed by atoms with E-state index in [1.165, 1.54) is 0 Å². The molecule has 1 aromatic rings. The van der Waals surface area contributed by atoms with Gasteiger partial charge in [0.25, 0.3) is 0 Å². The molecule has 0 aromatic heterocycles. The molecule has 4 heteroatoms. The van der Waals surface area contributed by atoms with Crippen molar-refractivity contribution in [1.29, 1.82) is 0 Å². The summed E-state index contributed by atoms with van der Waals surface area (Å²) in [4.78, 5) is 0. The first kappa shape index (κ1) is 13.4.